The Morgan fingerprint density at radius 1 is 1.00 bits per heavy atom. The molecule has 2 aromatic heterocycles. The van der Waals surface area contributed by atoms with E-state index >= 15 is 0 Å². The van der Waals surface area contributed by atoms with Crippen LogP contribution in [0.15, 0.2) is 71.9 Å². The smallest absolute Gasteiger partial charge is 0.359 e. The van der Waals surface area contributed by atoms with Gasteiger partial charge in [-0.15, -0.1) is 0 Å². The van der Waals surface area contributed by atoms with E-state index in [9.17, 15) is 24.3 Å². The van der Waals surface area contributed by atoms with Gasteiger partial charge in [0.05, 0.1) is 6.20 Å². The summed E-state index contributed by atoms with van der Waals surface area (Å²) in [5.74, 6) is 0.0982. The summed E-state index contributed by atoms with van der Waals surface area (Å²) in [4.78, 5) is 34.6. The number of benzene rings is 2. The fraction of sp³-hybridized carbons (Fsp3) is 0.0526. The molecule has 0 aliphatic carbocycles. The van der Waals surface area contributed by atoms with Crippen LogP contribution in [0.4, 0.5) is 0 Å². The second-order valence-electron chi connectivity index (χ2n) is 6.37. The van der Waals surface area contributed by atoms with Gasteiger partial charge >= 0.3 is 13.2 Å². The largest absolute Gasteiger partial charge is 0.508 e. The minimum absolute atomic E-state index is 0.0982. The number of rotatable bonds is 4. The molecule has 0 amide bonds. The summed E-state index contributed by atoms with van der Waals surface area (Å²) in [5, 5.41) is 9.86. The topological polar surface area (TPSA) is 119 Å². The van der Waals surface area contributed by atoms with E-state index in [4.69, 9.17) is 0 Å². The molecule has 0 unspecified atom stereocenters. The van der Waals surface area contributed by atoms with Gasteiger partial charge in [0.15, 0.2) is 12.6 Å². The minimum atomic E-state index is -4.43. The third kappa shape index (κ3) is 3.36. The van der Waals surface area contributed by atoms with Crippen LogP contribution in [-0.4, -0.2) is 24.0 Å². The molecule has 8 nitrogen and oxygen atoms in total. The summed E-state index contributed by atoms with van der Waals surface area (Å²) in [6.07, 6.45) is 2.33. The van der Waals surface area contributed by atoms with Crippen molar-refractivity contribution < 1.29 is 24.4 Å². The van der Waals surface area contributed by atoms with Gasteiger partial charge in [0.1, 0.15) is 16.8 Å². The molecule has 142 valence electrons. The number of fused-ring (bicyclic) bond motifs is 1. The van der Waals surface area contributed by atoms with E-state index in [1.807, 2.05) is 30.3 Å². The average Bonchev–Trinajstić information content (AvgIpc) is 3.05. The highest BCUT2D eigenvalue weighted by molar-refractivity contribution is 7.50. The van der Waals surface area contributed by atoms with Gasteiger partial charge in [-0.25, -0.2) is 9.13 Å². The second-order valence-corrected chi connectivity index (χ2v) is 7.99. The maximum Gasteiger partial charge on any atom is 0.359 e. The number of hydrogen-bond acceptors (Lipinski definition) is 3. The van der Waals surface area contributed by atoms with E-state index in [-0.39, 0.29) is 5.75 Å². The number of nitrogens with one attached hydrogen (secondary N) is 1. The van der Waals surface area contributed by atoms with Gasteiger partial charge in [0.25, 0.3) is 0 Å². The molecule has 2 heterocycles. The summed E-state index contributed by atoms with van der Waals surface area (Å²) < 4.78 is 14.2. The lowest BCUT2D eigenvalue weighted by Crippen LogP contribution is -2.27. The van der Waals surface area contributed by atoms with E-state index < -0.39 is 19.4 Å². The fourth-order valence-corrected chi connectivity index (χ4v) is 3.77. The number of H-pyrrole nitrogens is 1. The Bertz CT molecular complexity index is 1260. The van der Waals surface area contributed by atoms with Crippen molar-refractivity contribution in [2.45, 2.75) is 6.29 Å². The first kappa shape index (κ1) is 18.2. The standard InChI is InChI=1S/C19H16N3O5P/c23-15-8-6-13(7-9-15)16-10-22(14-4-2-1-3-5-14)18-17(16)19(24)21(11-20-18)12-28(25,26)27/h1-11,23H,12H2,(H2,25,26,27)/p+1. The molecule has 2 aromatic carbocycles. The number of phenolic OH excluding ortho intramolecular Hbond substituents is 1. The van der Waals surface area contributed by atoms with Gasteiger partial charge in [-0.2, -0.15) is 0 Å². The van der Waals surface area contributed by atoms with Gasteiger partial charge in [-0.3, -0.25) is 14.3 Å². The van der Waals surface area contributed by atoms with Crippen LogP contribution in [0.2, 0.25) is 0 Å². The molecule has 0 atom stereocenters. The normalized spacial score (nSPS) is 11.8. The Morgan fingerprint density at radius 2 is 1.68 bits per heavy atom. The molecule has 0 saturated carbocycles. The highest BCUT2D eigenvalue weighted by atomic mass is 31.2. The number of nitrogens with zero attached hydrogens (tertiary/aromatic N) is 2. The summed E-state index contributed by atoms with van der Waals surface area (Å²) >= 11 is 0. The molecule has 0 radical (unpaired) electrons. The lowest BCUT2D eigenvalue weighted by Gasteiger charge is -2.04. The molecule has 4 aromatic rings. The second kappa shape index (κ2) is 6.76. The first-order valence-corrected chi connectivity index (χ1v) is 10.2. The minimum Gasteiger partial charge on any atom is -0.508 e. The van der Waals surface area contributed by atoms with E-state index in [1.165, 1.54) is 18.5 Å². The summed E-state index contributed by atoms with van der Waals surface area (Å²) in [6.45, 7) is 0. The van der Waals surface area contributed by atoms with Crippen LogP contribution in [-0.2, 0) is 10.9 Å². The first-order chi connectivity index (χ1) is 13.3. The van der Waals surface area contributed by atoms with E-state index in [1.54, 1.807) is 22.9 Å². The SMILES string of the molecule is O=c1c2c(-c3ccc(O)cc3)cn(-c3ccccc3)c2[nH+]cn1CP(=O)(O)O. The van der Waals surface area contributed by atoms with Gasteiger partial charge in [0.2, 0.25) is 5.65 Å². The van der Waals surface area contributed by atoms with Crippen LogP contribution < -0.4 is 10.5 Å². The molecular formula is C19H17N3O5P+. The number of aromatic amines is 1. The lowest BCUT2D eigenvalue weighted by atomic mass is 10.1. The Kier molecular flexibility index (Phi) is 4.39. The molecule has 0 saturated heterocycles. The molecule has 0 aliphatic heterocycles. The predicted octanol–water partition coefficient (Wildman–Crippen LogP) is 2.11. The zero-order valence-electron chi connectivity index (χ0n) is 14.6. The summed E-state index contributed by atoms with van der Waals surface area (Å²) in [7, 11) is -4.43. The van der Waals surface area contributed by atoms with Crippen molar-refractivity contribution >= 4 is 18.6 Å². The Morgan fingerprint density at radius 3 is 2.32 bits per heavy atom. The Labute approximate surface area is 159 Å². The third-order valence-electron chi connectivity index (χ3n) is 4.39. The molecule has 4 N–H and O–H groups in total. The lowest BCUT2D eigenvalue weighted by molar-refractivity contribution is -0.356. The zero-order valence-corrected chi connectivity index (χ0v) is 15.5. The fourth-order valence-electron chi connectivity index (χ4n) is 3.16. The number of para-hydroxylation sites is 1. The van der Waals surface area contributed by atoms with Crippen LogP contribution in [0.3, 0.4) is 0 Å². The van der Waals surface area contributed by atoms with Gasteiger partial charge in [0, 0.05) is 5.56 Å². The quantitative estimate of drug-likeness (QED) is 0.455. The molecule has 9 heteroatoms. The molecule has 0 bridgehead atoms. The number of phenols is 1. The van der Waals surface area contributed by atoms with Crippen molar-refractivity contribution in [3.8, 4) is 22.6 Å². The highest BCUT2D eigenvalue weighted by Gasteiger charge is 2.25. The number of aromatic nitrogens is 3. The number of hydrogen-bond donors (Lipinski definition) is 3. The van der Waals surface area contributed by atoms with Crippen molar-refractivity contribution in [3.63, 3.8) is 0 Å². The van der Waals surface area contributed by atoms with Crippen molar-refractivity contribution in [1.82, 2.24) is 9.13 Å². The van der Waals surface area contributed by atoms with Gasteiger partial charge < -0.3 is 14.9 Å². The third-order valence-corrected chi connectivity index (χ3v) is 5.06. The van der Waals surface area contributed by atoms with Crippen LogP contribution in [0.25, 0.3) is 27.8 Å². The number of aromatic hydroxyl groups is 1. The van der Waals surface area contributed by atoms with E-state index in [0.29, 0.717) is 22.2 Å². The molecule has 0 aliphatic rings. The van der Waals surface area contributed by atoms with Crippen LogP contribution in [0.5, 0.6) is 5.75 Å². The monoisotopic (exact) mass is 398 g/mol. The predicted molar refractivity (Wildman–Crippen MR) is 103 cm³/mol. The maximum atomic E-state index is 13.0. The molecule has 4 rings (SSSR count). The zero-order chi connectivity index (χ0) is 19.9. The van der Waals surface area contributed by atoms with Gasteiger partial charge in [-0.1, -0.05) is 30.3 Å². The average molecular weight is 398 g/mol. The molecule has 0 fully saturated rings. The van der Waals surface area contributed by atoms with E-state index in [0.717, 1.165) is 10.3 Å². The van der Waals surface area contributed by atoms with Crippen molar-refractivity contribution in [3.05, 3.63) is 77.5 Å². The van der Waals surface area contributed by atoms with Crippen molar-refractivity contribution in [1.29, 1.82) is 0 Å². The Hall–Kier alpha value is -3.19. The maximum absolute atomic E-state index is 13.0. The molecule has 0 spiro atoms. The van der Waals surface area contributed by atoms with Crippen molar-refractivity contribution in [2.75, 3.05) is 0 Å². The van der Waals surface area contributed by atoms with Crippen LogP contribution in [0.1, 0.15) is 0 Å². The van der Waals surface area contributed by atoms with Crippen LogP contribution in [0, 0.1) is 0 Å². The molecule has 28 heavy (non-hydrogen) atoms. The summed E-state index contributed by atoms with van der Waals surface area (Å²) in [5.41, 5.74) is 2.08. The summed E-state index contributed by atoms with van der Waals surface area (Å²) in [6, 6.07) is 15.8. The van der Waals surface area contributed by atoms with E-state index in [2.05, 4.69) is 4.98 Å². The van der Waals surface area contributed by atoms with Gasteiger partial charge in [-0.05, 0) is 29.8 Å². The Balaban J connectivity index is 2.03. The molecular weight excluding hydrogens is 381 g/mol. The van der Waals surface area contributed by atoms with Crippen LogP contribution >= 0.6 is 7.60 Å². The first-order valence-electron chi connectivity index (χ1n) is 8.39. The van der Waals surface area contributed by atoms with Crippen molar-refractivity contribution in [2.24, 2.45) is 0 Å². The highest BCUT2D eigenvalue weighted by Crippen LogP contribution is 2.36.